The summed E-state index contributed by atoms with van der Waals surface area (Å²) in [4.78, 5) is 42.8. The number of carbonyl (C=O) groups excluding carboxylic acids is 2. The minimum absolute atomic E-state index is 0.0482. The Morgan fingerprint density at radius 1 is 1.00 bits per heavy atom. The van der Waals surface area contributed by atoms with Gasteiger partial charge < -0.3 is 10.6 Å². The lowest BCUT2D eigenvalue weighted by atomic mass is 10.1. The van der Waals surface area contributed by atoms with E-state index in [2.05, 4.69) is 15.6 Å². The maximum Gasteiger partial charge on any atom is 0.262 e. The minimum Gasteiger partial charge on any atom is -0.352 e. The number of amides is 2. The zero-order chi connectivity index (χ0) is 25.5. The fourth-order valence-corrected chi connectivity index (χ4v) is 4.54. The van der Waals surface area contributed by atoms with Crippen molar-refractivity contribution in [3.63, 3.8) is 0 Å². The molecular formula is C27H25ClN4O3S. The number of aromatic nitrogens is 2. The average Bonchev–Trinajstić information content (AvgIpc) is 2.89. The predicted octanol–water partition coefficient (Wildman–Crippen LogP) is 4.97. The van der Waals surface area contributed by atoms with Gasteiger partial charge in [0, 0.05) is 12.1 Å². The van der Waals surface area contributed by atoms with Gasteiger partial charge in [0.1, 0.15) is 0 Å². The van der Waals surface area contributed by atoms with Crippen molar-refractivity contribution in [2.75, 3.05) is 17.6 Å². The molecule has 0 unspecified atom stereocenters. The molecule has 0 aliphatic carbocycles. The molecule has 0 aliphatic rings. The highest BCUT2D eigenvalue weighted by molar-refractivity contribution is 7.99. The molecule has 2 N–H and O–H groups in total. The molecule has 0 spiro atoms. The largest absolute Gasteiger partial charge is 0.352 e. The third-order valence-corrected chi connectivity index (χ3v) is 6.71. The molecule has 4 rings (SSSR count). The van der Waals surface area contributed by atoms with E-state index in [1.807, 2.05) is 25.1 Å². The lowest BCUT2D eigenvalue weighted by molar-refractivity contribution is -0.113. The number of hydrogen-bond donors (Lipinski definition) is 2. The molecule has 1 heterocycles. The van der Waals surface area contributed by atoms with Gasteiger partial charge in [-0.25, -0.2) is 4.98 Å². The van der Waals surface area contributed by atoms with Crippen molar-refractivity contribution in [1.82, 2.24) is 14.9 Å². The summed E-state index contributed by atoms with van der Waals surface area (Å²) in [6.07, 6.45) is 0.860. The summed E-state index contributed by atoms with van der Waals surface area (Å²) in [5.41, 5.74) is 2.29. The third-order valence-electron chi connectivity index (χ3n) is 5.40. The number of carbonyl (C=O) groups is 2. The number of fused-ring (bicyclic) bond motifs is 1. The Kier molecular flexibility index (Phi) is 8.40. The van der Waals surface area contributed by atoms with E-state index in [4.69, 9.17) is 11.6 Å². The van der Waals surface area contributed by atoms with Crippen molar-refractivity contribution in [2.24, 2.45) is 0 Å². The Hall–Kier alpha value is -3.62. The molecule has 36 heavy (non-hydrogen) atoms. The van der Waals surface area contributed by atoms with Gasteiger partial charge in [-0.3, -0.25) is 19.0 Å². The molecular weight excluding hydrogens is 496 g/mol. The molecule has 0 atom stereocenters. The maximum absolute atomic E-state index is 13.4. The minimum atomic E-state index is -0.260. The molecule has 3 aromatic carbocycles. The van der Waals surface area contributed by atoms with E-state index in [0.29, 0.717) is 38.9 Å². The summed E-state index contributed by atoms with van der Waals surface area (Å²) in [7, 11) is 0. The SMILES string of the molecule is CCCNC(=O)c1ccc(Cn2c(SCC(=O)Nc3ccccc3Cl)nc3ccccc3c2=O)cc1. The Bertz CT molecular complexity index is 1450. The van der Waals surface area contributed by atoms with Gasteiger partial charge in [0.05, 0.1) is 33.9 Å². The first kappa shape index (κ1) is 25.5. The highest BCUT2D eigenvalue weighted by Gasteiger charge is 2.15. The maximum atomic E-state index is 13.4. The van der Waals surface area contributed by atoms with Crippen molar-refractivity contribution < 1.29 is 9.59 Å². The Labute approximate surface area is 217 Å². The molecule has 0 aliphatic heterocycles. The Morgan fingerprint density at radius 2 is 1.72 bits per heavy atom. The van der Waals surface area contributed by atoms with Gasteiger partial charge in [-0.1, -0.05) is 66.7 Å². The number of hydrogen-bond acceptors (Lipinski definition) is 5. The second kappa shape index (κ2) is 11.9. The lowest BCUT2D eigenvalue weighted by Crippen LogP contribution is -2.25. The highest BCUT2D eigenvalue weighted by atomic mass is 35.5. The number of nitrogens with one attached hydrogen (secondary N) is 2. The number of thioether (sulfide) groups is 1. The van der Waals surface area contributed by atoms with Crippen molar-refractivity contribution in [2.45, 2.75) is 25.0 Å². The van der Waals surface area contributed by atoms with Gasteiger partial charge >= 0.3 is 0 Å². The monoisotopic (exact) mass is 520 g/mol. The molecule has 0 radical (unpaired) electrons. The number of halogens is 1. The van der Waals surface area contributed by atoms with Gasteiger partial charge in [-0.05, 0) is 48.4 Å². The first-order valence-corrected chi connectivity index (χ1v) is 12.9. The number of anilines is 1. The van der Waals surface area contributed by atoms with Crippen molar-refractivity contribution >= 4 is 51.8 Å². The van der Waals surface area contributed by atoms with Crippen LogP contribution in [0.1, 0.15) is 29.3 Å². The molecule has 0 saturated heterocycles. The number of benzene rings is 3. The predicted molar refractivity (Wildman–Crippen MR) is 145 cm³/mol. The molecule has 7 nitrogen and oxygen atoms in total. The topological polar surface area (TPSA) is 93.1 Å². The molecule has 1 aromatic heterocycles. The quantitative estimate of drug-likeness (QED) is 0.240. The number of para-hydroxylation sites is 2. The summed E-state index contributed by atoms with van der Waals surface area (Å²) in [6.45, 7) is 2.86. The zero-order valence-corrected chi connectivity index (χ0v) is 21.2. The van der Waals surface area contributed by atoms with Crippen LogP contribution in [0.4, 0.5) is 5.69 Å². The van der Waals surface area contributed by atoms with Crippen LogP contribution in [0.2, 0.25) is 5.02 Å². The van der Waals surface area contributed by atoms with Crippen LogP contribution in [0.5, 0.6) is 0 Å². The van der Waals surface area contributed by atoms with Crippen LogP contribution in [0.25, 0.3) is 10.9 Å². The van der Waals surface area contributed by atoms with E-state index in [1.54, 1.807) is 59.2 Å². The fraction of sp³-hybridized carbons (Fsp3) is 0.185. The van der Waals surface area contributed by atoms with Gasteiger partial charge in [0.2, 0.25) is 5.91 Å². The van der Waals surface area contributed by atoms with Crippen LogP contribution in [0.15, 0.2) is 82.7 Å². The zero-order valence-electron chi connectivity index (χ0n) is 19.7. The van der Waals surface area contributed by atoms with E-state index in [0.717, 1.165) is 12.0 Å². The molecule has 9 heteroatoms. The first-order valence-electron chi connectivity index (χ1n) is 11.5. The van der Waals surface area contributed by atoms with Crippen LogP contribution >= 0.6 is 23.4 Å². The van der Waals surface area contributed by atoms with Crippen LogP contribution in [-0.2, 0) is 11.3 Å². The second-order valence-electron chi connectivity index (χ2n) is 8.07. The van der Waals surface area contributed by atoms with E-state index in [-0.39, 0.29) is 29.7 Å². The van der Waals surface area contributed by atoms with Gasteiger partial charge in [0.25, 0.3) is 11.5 Å². The molecule has 0 bridgehead atoms. The summed E-state index contributed by atoms with van der Waals surface area (Å²) < 4.78 is 1.56. The Morgan fingerprint density at radius 3 is 2.47 bits per heavy atom. The number of rotatable bonds is 9. The molecule has 184 valence electrons. The van der Waals surface area contributed by atoms with Gasteiger partial charge in [-0.2, -0.15) is 0 Å². The smallest absolute Gasteiger partial charge is 0.262 e. The molecule has 0 saturated carbocycles. The summed E-state index contributed by atoms with van der Waals surface area (Å²) in [5.74, 6) is -0.342. The number of nitrogens with zero attached hydrogens (tertiary/aromatic N) is 2. The van der Waals surface area contributed by atoms with Crippen molar-refractivity contribution in [1.29, 1.82) is 0 Å². The van der Waals surface area contributed by atoms with Gasteiger partial charge in [0.15, 0.2) is 5.16 Å². The standard InChI is InChI=1S/C27H25ClN4O3S/c1-2-15-29-25(34)19-13-11-18(12-14-19)16-32-26(35)20-7-3-5-9-22(20)31-27(32)36-17-24(33)30-23-10-6-4-8-21(23)28/h3-14H,2,15-17H2,1H3,(H,29,34)(H,30,33). The highest BCUT2D eigenvalue weighted by Crippen LogP contribution is 2.23. The Balaban J connectivity index is 1.57. The van der Waals surface area contributed by atoms with E-state index in [1.165, 1.54) is 11.8 Å². The van der Waals surface area contributed by atoms with Gasteiger partial charge in [-0.15, -0.1) is 0 Å². The summed E-state index contributed by atoms with van der Waals surface area (Å²) in [6, 6.07) is 21.2. The molecule has 4 aromatic rings. The van der Waals surface area contributed by atoms with Crippen LogP contribution in [-0.4, -0.2) is 33.7 Å². The van der Waals surface area contributed by atoms with Crippen LogP contribution < -0.4 is 16.2 Å². The molecule has 0 fully saturated rings. The van der Waals surface area contributed by atoms with E-state index in [9.17, 15) is 14.4 Å². The fourth-order valence-electron chi connectivity index (χ4n) is 3.56. The summed E-state index contributed by atoms with van der Waals surface area (Å²) >= 11 is 7.32. The normalized spacial score (nSPS) is 10.8. The van der Waals surface area contributed by atoms with E-state index < -0.39 is 0 Å². The van der Waals surface area contributed by atoms with Crippen molar-refractivity contribution in [3.05, 3.63) is 99.3 Å². The van der Waals surface area contributed by atoms with Crippen molar-refractivity contribution in [3.8, 4) is 0 Å². The lowest BCUT2D eigenvalue weighted by Gasteiger charge is -2.14. The van der Waals surface area contributed by atoms with Crippen LogP contribution in [0.3, 0.4) is 0 Å². The molecule has 2 amide bonds. The first-order chi connectivity index (χ1) is 17.5. The average molecular weight is 521 g/mol. The summed E-state index contributed by atoms with van der Waals surface area (Å²) in [5, 5.41) is 7.01. The van der Waals surface area contributed by atoms with E-state index >= 15 is 0 Å². The van der Waals surface area contributed by atoms with Crippen LogP contribution in [0, 0.1) is 0 Å². The third kappa shape index (κ3) is 6.13. The second-order valence-corrected chi connectivity index (χ2v) is 9.42.